The summed E-state index contributed by atoms with van der Waals surface area (Å²) in [5.41, 5.74) is 1.48. The lowest BCUT2D eigenvalue weighted by Gasteiger charge is -2.47. The first-order valence-electron chi connectivity index (χ1n) is 8.64. The Bertz CT molecular complexity index is 802. The molecule has 126 valence electrons. The maximum Gasteiger partial charge on any atom is 0.295 e. The second-order valence-electron chi connectivity index (χ2n) is 7.12. The molecule has 5 heteroatoms. The van der Waals surface area contributed by atoms with E-state index in [1.807, 2.05) is 35.9 Å². The van der Waals surface area contributed by atoms with Gasteiger partial charge in [-0.05, 0) is 37.9 Å². The number of ketones is 1. The molecule has 1 aromatic carbocycles. The molecule has 1 aromatic heterocycles. The molecule has 2 bridgehead atoms. The first-order valence-corrected chi connectivity index (χ1v) is 8.64. The molecular weight excluding hydrogens is 302 g/mol. The van der Waals surface area contributed by atoms with Crippen LogP contribution >= 0.6 is 0 Å². The summed E-state index contributed by atoms with van der Waals surface area (Å²) in [6.45, 7) is 3.15. The third kappa shape index (κ3) is 2.35. The molecule has 24 heavy (non-hydrogen) atoms. The second kappa shape index (κ2) is 5.74. The molecular formula is C19H23N3O2. The standard InChI is InChI=1S/C19H23N3O2/c1-20-11-15(14-5-3-4-6-16(14)20)18(23)19(24)21(2)17-12-22-9-7-13(17)8-10-22/h3-6,11,13,17H,7-10,12H2,1-2H3. The fraction of sp³-hybridized carbons (Fsp3) is 0.474. The van der Waals surface area contributed by atoms with Crippen LogP contribution in [0.1, 0.15) is 23.2 Å². The fourth-order valence-electron chi connectivity index (χ4n) is 4.32. The number of likely N-dealkylation sites (N-methyl/N-ethyl adjacent to an activating group) is 1. The third-order valence-corrected chi connectivity index (χ3v) is 5.78. The summed E-state index contributed by atoms with van der Waals surface area (Å²) >= 11 is 0. The van der Waals surface area contributed by atoms with Crippen molar-refractivity contribution in [3.8, 4) is 0 Å². The number of hydrogen-bond donors (Lipinski definition) is 0. The summed E-state index contributed by atoms with van der Waals surface area (Å²) in [6.07, 6.45) is 4.03. The highest BCUT2D eigenvalue weighted by Crippen LogP contribution is 2.31. The molecule has 3 saturated heterocycles. The zero-order valence-corrected chi connectivity index (χ0v) is 14.2. The van der Waals surface area contributed by atoms with Gasteiger partial charge in [0, 0.05) is 43.8 Å². The van der Waals surface area contributed by atoms with E-state index in [9.17, 15) is 9.59 Å². The molecule has 4 heterocycles. The minimum Gasteiger partial charge on any atom is -0.350 e. The van der Waals surface area contributed by atoms with Gasteiger partial charge in [-0.1, -0.05) is 18.2 Å². The predicted molar refractivity (Wildman–Crippen MR) is 93.0 cm³/mol. The molecule has 0 N–H and O–H groups in total. The van der Waals surface area contributed by atoms with Crippen molar-refractivity contribution in [2.24, 2.45) is 13.0 Å². The Labute approximate surface area is 141 Å². The highest BCUT2D eigenvalue weighted by molar-refractivity contribution is 6.44. The Balaban J connectivity index is 1.60. The van der Waals surface area contributed by atoms with Gasteiger partial charge in [0.1, 0.15) is 0 Å². The molecule has 5 nitrogen and oxygen atoms in total. The van der Waals surface area contributed by atoms with Crippen LogP contribution in [0.4, 0.5) is 0 Å². The van der Waals surface area contributed by atoms with Crippen LogP contribution < -0.4 is 0 Å². The molecule has 3 aliphatic rings. The molecule has 1 atom stereocenters. The SMILES string of the molecule is CN(C(=O)C(=O)c1cn(C)c2ccccc12)C1CN2CCC1CC2. The topological polar surface area (TPSA) is 45.6 Å². The van der Waals surface area contributed by atoms with Crippen LogP contribution in [0.2, 0.25) is 0 Å². The molecule has 3 fully saturated rings. The quantitative estimate of drug-likeness (QED) is 0.640. The van der Waals surface area contributed by atoms with Crippen molar-refractivity contribution in [2.45, 2.75) is 18.9 Å². The van der Waals surface area contributed by atoms with Crippen LogP contribution in [-0.2, 0) is 11.8 Å². The maximum atomic E-state index is 12.8. The number of para-hydroxylation sites is 1. The molecule has 2 aromatic rings. The molecule has 5 rings (SSSR count). The van der Waals surface area contributed by atoms with Crippen LogP contribution in [0.3, 0.4) is 0 Å². The lowest BCUT2D eigenvalue weighted by molar-refractivity contribution is -0.130. The zero-order chi connectivity index (χ0) is 16.8. The zero-order valence-electron chi connectivity index (χ0n) is 14.2. The number of aromatic nitrogens is 1. The number of fused-ring (bicyclic) bond motifs is 4. The second-order valence-corrected chi connectivity index (χ2v) is 7.12. The van der Waals surface area contributed by atoms with Crippen LogP contribution in [0.15, 0.2) is 30.5 Å². The van der Waals surface area contributed by atoms with Crippen molar-refractivity contribution in [2.75, 3.05) is 26.7 Å². The van der Waals surface area contributed by atoms with Crippen molar-refractivity contribution < 1.29 is 9.59 Å². The van der Waals surface area contributed by atoms with Crippen LogP contribution in [0.5, 0.6) is 0 Å². The van der Waals surface area contributed by atoms with E-state index < -0.39 is 5.78 Å². The van der Waals surface area contributed by atoms with E-state index >= 15 is 0 Å². The molecule has 1 unspecified atom stereocenters. The van der Waals surface area contributed by atoms with E-state index in [4.69, 9.17) is 0 Å². The first kappa shape index (κ1) is 15.4. The first-order chi connectivity index (χ1) is 11.6. The van der Waals surface area contributed by atoms with Gasteiger partial charge in [0.15, 0.2) is 0 Å². The minimum absolute atomic E-state index is 0.166. The minimum atomic E-state index is -0.397. The summed E-state index contributed by atoms with van der Waals surface area (Å²) in [5, 5.41) is 0.848. The highest BCUT2D eigenvalue weighted by Gasteiger charge is 2.39. The number of piperidine rings is 3. The lowest BCUT2D eigenvalue weighted by atomic mass is 9.83. The van der Waals surface area contributed by atoms with Crippen LogP contribution in [0, 0.1) is 5.92 Å². The number of hydrogen-bond acceptors (Lipinski definition) is 3. The molecule has 0 radical (unpaired) electrons. The smallest absolute Gasteiger partial charge is 0.295 e. The number of benzene rings is 1. The van der Waals surface area contributed by atoms with Gasteiger partial charge < -0.3 is 14.4 Å². The van der Waals surface area contributed by atoms with Crippen molar-refractivity contribution in [3.63, 3.8) is 0 Å². The summed E-state index contributed by atoms with van der Waals surface area (Å²) in [7, 11) is 3.69. The average Bonchev–Trinajstić information content (AvgIpc) is 2.98. The summed E-state index contributed by atoms with van der Waals surface area (Å²) in [5.74, 6) is -0.250. The third-order valence-electron chi connectivity index (χ3n) is 5.78. The van der Waals surface area contributed by atoms with E-state index in [1.54, 1.807) is 18.1 Å². The largest absolute Gasteiger partial charge is 0.350 e. The summed E-state index contributed by atoms with van der Waals surface area (Å²) < 4.78 is 1.91. The van der Waals surface area contributed by atoms with Crippen molar-refractivity contribution in [3.05, 3.63) is 36.0 Å². The summed E-state index contributed by atoms with van der Waals surface area (Å²) in [6, 6.07) is 7.88. The van der Waals surface area contributed by atoms with Gasteiger partial charge in [-0.25, -0.2) is 0 Å². The van der Waals surface area contributed by atoms with Gasteiger partial charge in [-0.2, -0.15) is 0 Å². The summed E-state index contributed by atoms with van der Waals surface area (Å²) in [4.78, 5) is 29.8. The van der Waals surface area contributed by atoms with Gasteiger partial charge in [0.05, 0.1) is 5.56 Å². The van der Waals surface area contributed by atoms with Crippen LogP contribution in [-0.4, -0.2) is 58.8 Å². The van der Waals surface area contributed by atoms with E-state index in [0.29, 0.717) is 11.5 Å². The van der Waals surface area contributed by atoms with E-state index in [-0.39, 0.29) is 11.9 Å². The number of Topliss-reactive ketones (excluding diaryl/α,β-unsaturated/α-hetero) is 1. The van der Waals surface area contributed by atoms with Crippen molar-refractivity contribution in [1.29, 1.82) is 0 Å². The van der Waals surface area contributed by atoms with E-state index in [2.05, 4.69) is 4.90 Å². The van der Waals surface area contributed by atoms with Gasteiger partial charge in [0.25, 0.3) is 11.7 Å². The van der Waals surface area contributed by atoms with Gasteiger partial charge in [-0.15, -0.1) is 0 Å². The Morgan fingerprint density at radius 2 is 1.88 bits per heavy atom. The predicted octanol–water partition coefficient (Wildman–Crippen LogP) is 1.91. The highest BCUT2D eigenvalue weighted by atomic mass is 16.2. The van der Waals surface area contributed by atoms with Crippen molar-refractivity contribution >= 4 is 22.6 Å². The molecule has 0 aliphatic carbocycles. The Kier molecular flexibility index (Phi) is 3.68. The molecule has 0 spiro atoms. The van der Waals surface area contributed by atoms with E-state index in [1.165, 1.54) is 0 Å². The molecule has 0 saturated carbocycles. The Hall–Kier alpha value is -2.14. The van der Waals surface area contributed by atoms with Crippen LogP contribution in [0.25, 0.3) is 10.9 Å². The average molecular weight is 325 g/mol. The number of carbonyl (C=O) groups excluding carboxylic acids is 2. The van der Waals surface area contributed by atoms with Gasteiger partial charge in [-0.3, -0.25) is 9.59 Å². The Morgan fingerprint density at radius 1 is 1.17 bits per heavy atom. The number of rotatable bonds is 3. The van der Waals surface area contributed by atoms with Crippen molar-refractivity contribution in [1.82, 2.24) is 14.4 Å². The number of nitrogens with zero attached hydrogens (tertiary/aromatic N) is 3. The van der Waals surface area contributed by atoms with Gasteiger partial charge >= 0.3 is 0 Å². The normalized spacial score (nSPS) is 25.8. The Morgan fingerprint density at radius 3 is 2.54 bits per heavy atom. The molecule has 3 aliphatic heterocycles. The number of carbonyl (C=O) groups is 2. The maximum absolute atomic E-state index is 12.8. The van der Waals surface area contributed by atoms with E-state index in [0.717, 1.165) is 43.4 Å². The number of aryl methyl sites for hydroxylation is 1. The molecule has 1 amide bonds. The number of amides is 1. The fourth-order valence-corrected chi connectivity index (χ4v) is 4.32. The lowest BCUT2D eigenvalue weighted by Crippen LogP contribution is -2.58. The monoisotopic (exact) mass is 325 g/mol. The van der Waals surface area contributed by atoms with Gasteiger partial charge in [0.2, 0.25) is 0 Å².